The minimum atomic E-state index is -0.194. The van der Waals surface area contributed by atoms with Crippen molar-refractivity contribution in [3.8, 4) is 5.75 Å². The normalized spacial score (nSPS) is 16.3. The molecule has 0 aliphatic carbocycles. The van der Waals surface area contributed by atoms with Crippen LogP contribution in [0.5, 0.6) is 5.75 Å². The first-order valence-electron chi connectivity index (χ1n) is 10.9. The Bertz CT molecular complexity index is 938. The van der Waals surface area contributed by atoms with Gasteiger partial charge in [0, 0.05) is 31.7 Å². The monoisotopic (exact) mass is 422 g/mol. The topological polar surface area (TPSA) is 73.9 Å². The van der Waals surface area contributed by atoms with Gasteiger partial charge in [0.15, 0.2) is 0 Å². The molecular formula is C24H30N4O3. The van der Waals surface area contributed by atoms with E-state index in [0.29, 0.717) is 18.7 Å². The van der Waals surface area contributed by atoms with Crippen LogP contribution < -0.4 is 20.3 Å². The molecule has 164 valence electrons. The Morgan fingerprint density at radius 1 is 1.00 bits per heavy atom. The van der Waals surface area contributed by atoms with Gasteiger partial charge in [-0.2, -0.15) is 0 Å². The van der Waals surface area contributed by atoms with Crippen molar-refractivity contribution in [1.29, 1.82) is 0 Å². The molecule has 2 heterocycles. The average molecular weight is 423 g/mol. The molecule has 31 heavy (non-hydrogen) atoms. The van der Waals surface area contributed by atoms with Crippen LogP contribution in [-0.4, -0.2) is 69.6 Å². The average Bonchev–Trinajstić information content (AvgIpc) is 3.07. The molecule has 0 spiro atoms. The van der Waals surface area contributed by atoms with Gasteiger partial charge in [0.25, 0.3) is 5.91 Å². The number of nitrogens with zero attached hydrogens (tertiary/aromatic N) is 2. The lowest BCUT2D eigenvalue weighted by atomic mass is 10.00. The highest BCUT2D eigenvalue weighted by molar-refractivity contribution is 5.96. The Hall–Kier alpha value is -3.06. The van der Waals surface area contributed by atoms with Gasteiger partial charge in [-0.25, -0.2) is 0 Å². The number of rotatable bonds is 5. The highest BCUT2D eigenvalue weighted by atomic mass is 16.5. The Balaban J connectivity index is 1.29. The summed E-state index contributed by atoms with van der Waals surface area (Å²) in [7, 11) is 1.67. The number of benzene rings is 2. The van der Waals surface area contributed by atoms with Gasteiger partial charge in [-0.15, -0.1) is 0 Å². The van der Waals surface area contributed by atoms with Crippen molar-refractivity contribution in [2.75, 3.05) is 57.8 Å². The summed E-state index contributed by atoms with van der Waals surface area (Å²) in [6, 6.07) is 13.8. The summed E-state index contributed by atoms with van der Waals surface area (Å²) < 4.78 is 5.45. The van der Waals surface area contributed by atoms with Gasteiger partial charge in [-0.3, -0.25) is 9.59 Å². The molecule has 2 aliphatic rings. The number of amides is 2. The summed E-state index contributed by atoms with van der Waals surface area (Å²) >= 11 is 0. The predicted molar refractivity (Wildman–Crippen MR) is 121 cm³/mol. The Morgan fingerprint density at radius 2 is 1.74 bits per heavy atom. The minimum absolute atomic E-state index is 0.0200. The van der Waals surface area contributed by atoms with Gasteiger partial charge in [0.1, 0.15) is 5.75 Å². The zero-order chi connectivity index (χ0) is 21.6. The number of hydrogen-bond donors (Lipinski definition) is 2. The smallest absolute Gasteiger partial charge is 0.251 e. The van der Waals surface area contributed by atoms with Crippen molar-refractivity contribution >= 4 is 17.5 Å². The lowest BCUT2D eigenvalue weighted by Crippen LogP contribution is -2.51. The lowest BCUT2D eigenvalue weighted by Gasteiger charge is -2.36. The fourth-order valence-corrected chi connectivity index (χ4v) is 4.27. The molecule has 7 heteroatoms. The van der Waals surface area contributed by atoms with Gasteiger partial charge in [0.05, 0.1) is 19.3 Å². The van der Waals surface area contributed by atoms with E-state index in [-0.39, 0.29) is 18.4 Å². The van der Waals surface area contributed by atoms with Gasteiger partial charge in [-0.1, -0.05) is 18.2 Å². The van der Waals surface area contributed by atoms with Gasteiger partial charge < -0.3 is 25.2 Å². The number of hydrogen-bond acceptors (Lipinski definition) is 5. The fraction of sp³-hybridized carbons (Fsp3) is 0.417. The van der Waals surface area contributed by atoms with Crippen LogP contribution in [-0.2, 0) is 17.6 Å². The number of methoxy groups -OCH3 is 1. The molecule has 1 saturated heterocycles. The van der Waals surface area contributed by atoms with E-state index >= 15 is 0 Å². The second kappa shape index (κ2) is 9.83. The number of nitrogens with one attached hydrogen (secondary N) is 2. The van der Waals surface area contributed by atoms with E-state index in [1.165, 1.54) is 11.1 Å². The number of ether oxygens (including phenoxy) is 1. The van der Waals surface area contributed by atoms with Gasteiger partial charge >= 0.3 is 0 Å². The van der Waals surface area contributed by atoms with E-state index in [1.807, 2.05) is 47.4 Å². The third-order valence-electron chi connectivity index (χ3n) is 6.07. The zero-order valence-electron chi connectivity index (χ0n) is 18.0. The highest BCUT2D eigenvalue weighted by Crippen LogP contribution is 2.28. The molecule has 2 aliphatic heterocycles. The molecule has 2 aromatic carbocycles. The molecule has 0 saturated carbocycles. The summed E-state index contributed by atoms with van der Waals surface area (Å²) in [5.74, 6) is 0.596. The van der Waals surface area contributed by atoms with Crippen LogP contribution in [0.1, 0.15) is 21.5 Å². The Morgan fingerprint density at radius 3 is 2.52 bits per heavy atom. The highest BCUT2D eigenvalue weighted by Gasteiger charge is 2.23. The van der Waals surface area contributed by atoms with E-state index in [2.05, 4.69) is 15.5 Å². The molecule has 2 amide bonds. The maximum Gasteiger partial charge on any atom is 0.251 e. The van der Waals surface area contributed by atoms with Crippen LogP contribution in [0.4, 0.5) is 5.69 Å². The number of anilines is 1. The molecule has 0 bridgehead atoms. The van der Waals surface area contributed by atoms with Crippen LogP contribution in [0.15, 0.2) is 42.5 Å². The molecule has 1 fully saturated rings. The summed E-state index contributed by atoms with van der Waals surface area (Å²) in [6.07, 6.45) is 1.91. The molecule has 0 aromatic heterocycles. The number of carbonyl (C=O) groups is 2. The molecule has 0 atom stereocenters. The van der Waals surface area contributed by atoms with E-state index in [0.717, 1.165) is 50.5 Å². The van der Waals surface area contributed by atoms with Crippen LogP contribution >= 0.6 is 0 Å². The molecule has 0 unspecified atom stereocenters. The molecule has 2 aromatic rings. The van der Waals surface area contributed by atoms with E-state index in [9.17, 15) is 9.59 Å². The first-order chi connectivity index (χ1) is 15.2. The van der Waals surface area contributed by atoms with Crippen molar-refractivity contribution in [1.82, 2.24) is 15.5 Å². The fourth-order valence-electron chi connectivity index (χ4n) is 4.27. The zero-order valence-corrected chi connectivity index (χ0v) is 18.0. The molecule has 7 nitrogen and oxygen atoms in total. The third-order valence-corrected chi connectivity index (χ3v) is 6.07. The molecular weight excluding hydrogens is 392 g/mol. The third kappa shape index (κ3) is 4.99. The summed E-state index contributed by atoms with van der Waals surface area (Å²) in [6.45, 7) is 4.63. The second-order valence-corrected chi connectivity index (χ2v) is 7.96. The molecule has 2 N–H and O–H groups in total. The molecule has 0 radical (unpaired) electrons. The van der Waals surface area contributed by atoms with Crippen molar-refractivity contribution in [3.63, 3.8) is 0 Å². The largest absolute Gasteiger partial charge is 0.495 e. The standard InChI is InChI=1S/C24H30N4O3/c1-31-22-5-3-2-4-21(22)27-12-14-28(15-13-27)23(29)17-26-24(30)20-7-6-18-8-10-25-11-9-19(18)16-20/h2-7,16,25H,8-15,17H2,1H3,(H,26,30). The first-order valence-corrected chi connectivity index (χ1v) is 10.9. The van der Waals surface area contributed by atoms with E-state index < -0.39 is 0 Å². The number of carbonyl (C=O) groups excluding carboxylic acids is 2. The minimum Gasteiger partial charge on any atom is -0.495 e. The summed E-state index contributed by atoms with van der Waals surface area (Å²) in [4.78, 5) is 29.3. The van der Waals surface area contributed by atoms with Gasteiger partial charge in [0.2, 0.25) is 5.91 Å². The van der Waals surface area contributed by atoms with Gasteiger partial charge in [-0.05, 0) is 61.3 Å². The Labute approximate surface area is 183 Å². The second-order valence-electron chi connectivity index (χ2n) is 7.96. The number of para-hydroxylation sites is 2. The predicted octanol–water partition coefficient (Wildman–Crippen LogP) is 1.46. The Kier molecular flexibility index (Phi) is 6.72. The van der Waals surface area contributed by atoms with Crippen molar-refractivity contribution < 1.29 is 14.3 Å². The maximum atomic E-state index is 12.6. The van der Waals surface area contributed by atoms with Crippen LogP contribution in [0, 0.1) is 0 Å². The first kappa shape index (κ1) is 21.2. The quantitative estimate of drug-likeness (QED) is 0.763. The van der Waals surface area contributed by atoms with E-state index in [1.54, 1.807) is 7.11 Å². The summed E-state index contributed by atoms with van der Waals surface area (Å²) in [5, 5.41) is 6.18. The lowest BCUT2D eigenvalue weighted by molar-refractivity contribution is -0.130. The molecule has 4 rings (SSSR count). The van der Waals surface area contributed by atoms with Crippen molar-refractivity contribution in [2.45, 2.75) is 12.8 Å². The maximum absolute atomic E-state index is 12.6. The number of fused-ring (bicyclic) bond motifs is 1. The van der Waals surface area contributed by atoms with Crippen molar-refractivity contribution in [3.05, 3.63) is 59.2 Å². The SMILES string of the molecule is COc1ccccc1N1CCN(C(=O)CNC(=O)c2ccc3c(c2)CCNCC3)CC1. The van der Waals surface area contributed by atoms with E-state index in [4.69, 9.17) is 4.74 Å². The van der Waals surface area contributed by atoms with Crippen LogP contribution in [0.2, 0.25) is 0 Å². The summed E-state index contributed by atoms with van der Waals surface area (Å²) in [5.41, 5.74) is 4.18. The van der Waals surface area contributed by atoms with Crippen molar-refractivity contribution in [2.24, 2.45) is 0 Å². The van der Waals surface area contributed by atoms with Crippen LogP contribution in [0.3, 0.4) is 0 Å². The van der Waals surface area contributed by atoms with Crippen LogP contribution in [0.25, 0.3) is 0 Å². The number of piperazine rings is 1.